The van der Waals surface area contributed by atoms with Gasteiger partial charge in [-0.05, 0) is 19.2 Å². The summed E-state index contributed by atoms with van der Waals surface area (Å²) in [6, 6.07) is 4.13. The highest BCUT2D eigenvalue weighted by Gasteiger charge is 2.20. The van der Waals surface area contributed by atoms with Crippen LogP contribution in [0.25, 0.3) is 44.8 Å². The Morgan fingerprint density at radius 1 is 0.968 bits per heavy atom. The van der Waals surface area contributed by atoms with Crippen LogP contribution in [0.1, 0.15) is 0 Å². The van der Waals surface area contributed by atoms with Gasteiger partial charge in [-0.15, -0.1) is 0 Å². The second-order valence-electron chi connectivity index (χ2n) is 8.00. The number of fused-ring (bicyclic) bond motifs is 2. The third-order valence-electron chi connectivity index (χ3n) is 5.90. The second kappa shape index (κ2) is 6.88. The number of hydrogen-bond acceptors (Lipinski definition) is 7. The highest BCUT2D eigenvalue weighted by atomic mass is 15.3. The van der Waals surface area contributed by atoms with E-state index in [1.165, 1.54) is 0 Å². The first kappa shape index (κ1) is 18.0. The maximum absolute atomic E-state index is 4.76. The SMILES string of the molecule is CN1CCN(c2ccnc3nc(-c4[nH]nc5ncc(-c6cnn(C)c6)cc45)[nH]c23)CC1. The lowest BCUT2D eigenvalue weighted by atomic mass is 10.1. The molecule has 6 heterocycles. The topological polar surface area (TPSA) is 107 Å². The molecule has 1 aliphatic heterocycles. The van der Waals surface area contributed by atoms with Crippen molar-refractivity contribution in [1.29, 1.82) is 0 Å². The van der Waals surface area contributed by atoms with Crippen molar-refractivity contribution in [3.8, 4) is 22.6 Å². The van der Waals surface area contributed by atoms with Gasteiger partial charge in [0.15, 0.2) is 17.1 Å². The number of imidazole rings is 1. The van der Waals surface area contributed by atoms with E-state index in [-0.39, 0.29) is 0 Å². The van der Waals surface area contributed by atoms with Crippen molar-refractivity contribution in [1.82, 2.24) is 44.8 Å². The van der Waals surface area contributed by atoms with Gasteiger partial charge < -0.3 is 14.8 Å². The molecule has 2 N–H and O–H groups in total. The van der Waals surface area contributed by atoms with E-state index < -0.39 is 0 Å². The molecule has 156 valence electrons. The summed E-state index contributed by atoms with van der Waals surface area (Å²) in [5, 5.41) is 12.6. The van der Waals surface area contributed by atoms with Gasteiger partial charge in [0, 0.05) is 62.9 Å². The highest BCUT2D eigenvalue weighted by Crippen LogP contribution is 2.31. The quantitative estimate of drug-likeness (QED) is 0.465. The number of nitrogens with zero attached hydrogens (tertiary/aromatic N) is 8. The first-order chi connectivity index (χ1) is 15.2. The summed E-state index contributed by atoms with van der Waals surface area (Å²) in [5.41, 5.74) is 6.22. The van der Waals surface area contributed by atoms with Crippen molar-refractivity contribution in [3.05, 3.63) is 36.9 Å². The molecule has 0 amide bonds. The van der Waals surface area contributed by atoms with E-state index in [0.717, 1.165) is 59.6 Å². The van der Waals surface area contributed by atoms with Crippen LogP contribution in [0.15, 0.2) is 36.9 Å². The molecule has 6 rings (SSSR count). The number of nitrogens with one attached hydrogen (secondary N) is 2. The normalized spacial score (nSPS) is 15.4. The number of hydrogen-bond donors (Lipinski definition) is 2. The molecule has 0 atom stereocenters. The summed E-state index contributed by atoms with van der Waals surface area (Å²) < 4.78 is 1.78. The van der Waals surface area contributed by atoms with Gasteiger partial charge in [-0.3, -0.25) is 9.78 Å². The van der Waals surface area contributed by atoms with Crippen molar-refractivity contribution in [3.63, 3.8) is 0 Å². The molecule has 0 aliphatic carbocycles. The second-order valence-corrected chi connectivity index (χ2v) is 8.00. The van der Waals surface area contributed by atoms with E-state index in [4.69, 9.17) is 4.98 Å². The van der Waals surface area contributed by atoms with Crippen LogP contribution in [0.5, 0.6) is 0 Å². The van der Waals surface area contributed by atoms with Crippen LogP contribution in [-0.2, 0) is 7.05 Å². The van der Waals surface area contributed by atoms with Crippen LogP contribution in [0.3, 0.4) is 0 Å². The molecule has 1 saturated heterocycles. The van der Waals surface area contributed by atoms with E-state index in [1.54, 1.807) is 4.68 Å². The minimum Gasteiger partial charge on any atom is -0.367 e. The largest absolute Gasteiger partial charge is 0.367 e. The summed E-state index contributed by atoms with van der Waals surface area (Å²) in [6.45, 7) is 4.04. The fraction of sp³-hybridized carbons (Fsp3) is 0.286. The number of H-pyrrole nitrogens is 2. The molecule has 10 heteroatoms. The summed E-state index contributed by atoms with van der Waals surface area (Å²) in [5.74, 6) is 0.705. The number of rotatable bonds is 3. The fourth-order valence-electron chi connectivity index (χ4n) is 4.14. The first-order valence-electron chi connectivity index (χ1n) is 10.3. The number of aromatic amines is 2. The molecule has 0 saturated carbocycles. The zero-order chi connectivity index (χ0) is 20.9. The molecule has 10 nitrogen and oxygen atoms in total. The Kier molecular flexibility index (Phi) is 4.00. The predicted molar refractivity (Wildman–Crippen MR) is 119 cm³/mol. The minimum absolute atomic E-state index is 0.648. The van der Waals surface area contributed by atoms with Crippen LogP contribution in [0, 0.1) is 0 Å². The van der Waals surface area contributed by atoms with E-state index in [2.05, 4.69) is 59.2 Å². The number of piperazine rings is 1. The highest BCUT2D eigenvalue weighted by molar-refractivity contribution is 5.95. The van der Waals surface area contributed by atoms with Gasteiger partial charge in [-0.2, -0.15) is 10.2 Å². The van der Waals surface area contributed by atoms with Crippen LogP contribution in [-0.4, -0.2) is 78.0 Å². The first-order valence-corrected chi connectivity index (χ1v) is 10.3. The van der Waals surface area contributed by atoms with Crippen LogP contribution >= 0.6 is 0 Å². The van der Waals surface area contributed by atoms with E-state index in [0.29, 0.717) is 17.1 Å². The average molecular weight is 414 g/mol. The fourth-order valence-corrected chi connectivity index (χ4v) is 4.14. The van der Waals surface area contributed by atoms with Gasteiger partial charge in [0.25, 0.3) is 0 Å². The molecular formula is C21H22N10. The van der Waals surface area contributed by atoms with E-state index >= 15 is 0 Å². The van der Waals surface area contributed by atoms with Gasteiger partial charge in [-0.25, -0.2) is 15.0 Å². The Morgan fingerprint density at radius 3 is 2.65 bits per heavy atom. The zero-order valence-corrected chi connectivity index (χ0v) is 17.4. The molecule has 0 aromatic carbocycles. The van der Waals surface area contributed by atoms with Crippen molar-refractivity contribution in [2.45, 2.75) is 0 Å². The smallest absolute Gasteiger partial charge is 0.181 e. The molecule has 5 aromatic rings. The number of aryl methyl sites for hydroxylation is 1. The Labute approximate surface area is 177 Å². The van der Waals surface area contributed by atoms with Gasteiger partial charge in [-0.1, -0.05) is 0 Å². The maximum atomic E-state index is 4.76. The van der Waals surface area contributed by atoms with Gasteiger partial charge >= 0.3 is 0 Å². The molecule has 0 bridgehead atoms. The third kappa shape index (κ3) is 3.03. The molecule has 5 aromatic heterocycles. The number of likely N-dealkylation sites (N-methyl/N-ethyl adjacent to an activating group) is 1. The van der Waals surface area contributed by atoms with Crippen molar-refractivity contribution >= 4 is 27.9 Å². The van der Waals surface area contributed by atoms with Crippen LogP contribution in [0.4, 0.5) is 5.69 Å². The van der Waals surface area contributed by atoms with E-state index in [9.17, 15) is 0 Å². The molecule has 0 unspecified atom stereocenters. The molecule has 1 fully saturated rings. The lowest BCUT2D eigenvalue weighted by molar-refractivity contribution is 0.313. The number of aromatic nitrogens is 8. The van der Waals surface area contributed by atoms with Gasteiger partial charge in [0.05, 0.1) is 17.3 Å². The van der Waals surface area contributed by atoms with Crippen molar-refractivity contribution < 1.29 is 0 Å². The number of pyridine rings is 2. The van der Waals surface area contributed by atoms with Crippen LogP contribution < -0.4 is 4.90 Å². The molecule has 1 aliphatic rings. The lowest BCUT2D eigenvalue weighted by Gasteiger charge is -2.34. The average Bonchev–Trinajstić information content (AvgIpc) is 3.51. The Hall–Kier alpha value is -3.79. The summed E-state index contributed by atoms with van der Waals surface area (Å²) in [6.07, 6.45) is 7.44. The lowest BCUT2D eigenvalue weighted by Crippen LogP contribution is -2.44. The summed E-state index contributed by atoms with van der Waals surface area (Å²) in [7, 11) is 4.06. The third-order valence-corrected chi connectivity index (χ3v) is 5.90. The Balaban J connectivity index is 1.44. The molecule has 0 radical (unpaired) electrons. The Morgan fingerprint density at radius 2 is 1.84 bits per heavy atom. The monoisotopic (exact) mass is 414 g/mol. The number of anilines is 1. The molecular weight excluding hydrogens is 392 g/mol. The summed E-state index contributed by atoms with van der Waals surface area (Å²) in [4.78, 5) is 22.0. The zero-order valence-electron chi connectivity index (χ0n) is 17.4. The standard InChI is InChI=1S/C21H22N10/c1-29-5-7-31(8-6-29)16-3-4-22-20-18(16)25-21(26-20)17-15-9-13(10-23-19(15)28-27-17)14-11-24-30(2)12-14/h3-4,9-12H,5-8H2,1-2H3,(H,22,25,26)(H,23,27,28). The Bertz CT molecular complexity index is 1390. The van der Waals surface area contributed by atoms with Crippen molar-refractivity contribution in [2.75, 3.05) is 38.1 Å². The molecule has 0 spiro atoms. The molecule has 31 heavy (non-hydrogen) atoms. The maximum Gasteiger partial charge on any atom is 0.181 e. The van der Waals surface area contributed by atoms with E-state index in [1.807, 2.05) is 31.8 Å². The van der Waals surface area contributed by atoms with Crippen molar-refractivity contribution in [2.24, 2.45) is 7.05 Å². The van der Waals surface area contributed by atoms with Gasteiger partial charge in [0.1, 0.15) is 11.2 Å². The summed E-state index contributed by atoms with van der Waals surface area (Å²) >= 11 is 0. The predicted octanol–water partition coefficient (Wildman–Crippen LogP) is 2.05. The van der Waals surface area contributed by atoms with Crippen LogP contribution in [0.2, 0.25) is 0 Å². The van der Waals surface area contributed by atoms with Gasteiger partial charge in [0.2, 0.25) is 0 Å². The minimum atomic E-state index is 0.648.